The number of hydrogen-bond donors (Lipinski definition) is 1. The highest BCUT2D eigenvalue weighted by molar-refractivity contribution is 7.87. The van der Waals surface area contributed by atoms with Crippen molar-refractivity contribution in [3.8, 4) is 0 Å². The topological polar surface area (TPSA) is 49.4 Å². The van der Waals surface area contributed by atoms with E-state index in [2.05, 4.69) is 36.8 Å². The molecule has 0 atom stereocenters. The molecule has 1 rings (SSSR count). The van der Waals surface area contributed by atoms with Crippen LogP contribution in [0.2, 0.25) is 0 Å². The Bertz CT molecular complexity index is 549. The molecule has 0 unspecified atom stereocenters. The van der Waals surface area contributed by atoms with Crippen molar-refractivity contribution in [2.45, 2.75) is 20.3 Å². The molecule has 0 heterocycles. The van der Waals surface area contributed by atoms with E-state index in [1.807, 2.05) is 12.2 Å². The van der Waals surface area contributed by atoms with E-state index in [1.54, 1.807) is 0 Å². The molecular weight excluding hydrogens is 260 g/mol. The van der Waals surface area contributed by atoms with Crippen LogP contribution in [0.25, 0.3) is 6.08 Å². The first-order chi connectivity index (χ1) is 8.83. The highest BCUT2D eigenvalue weighted by Crippen LogP contribution is 2.11. The van der Waals surface area contributed by atoms with Crippen LogP contribution in [-0.4, -0.2) is 33.4 Å². The van der Waals surface area contributed by atoms with Crippen molar-refractivity contribution in [3.63, 3.8) is 0 Å². The first-order valence-corrected chi connectivity index (χ1v) is 7.68. The standard InChI is InChI=1S/C14H22N2O2S/c1-12-8-9-14(11-13(12)2)7-5-6-10-15-19(17,18)16(3)4/h5,7-9,11,15H,6,10H2,1-4H3/b7-5+. The van der Waals surface area contributed by atoms with Crippen molar-refractivity contribution in [2.75, 3.05) is 20.6 Å². The number of nitrogens with zero attached hydrogens (tertiary/aromatic N) is 1. The molecule has 0 amide bonds. The Morgan fingerprint density at radius 1 is 1.21 bits per heavy atom. The zero-order chi connectivity index (χ0) is 14.5. The molecule has 0 aromatic heterocycles. The first kappa shape index (κ1) is 15.9. The maximum Gasteiger partial charge on any atom is 0.278 e. The molecule has 0 fully saturated rings. The summed E-state index contributed by atoms with van der Waals surface area (Å²) in [6, 6.07) is 6.27. The number of rotatable bonds is 6. The van der Waals surface area contributed by atoms with E-state index in [1.165, 1.54) is 29.5 Å². The van der Waals surface area contributed by atoms with Crippen LogP contribution in [0.4, 0.5) is 0 Å². The molecule has 0 aliphatic carbocycles. The van der Waals surface area contributed by atoms with Gasteiger partial charge in [-0.2, -0.15) is 12.7 Å². The average Bonchev–Trinajstić information content (AvgIpc) is 2.33. The third-order valence-electron chi connectivity index (χ3n) is 2.92. The van der Waals surface area contributed by atoms with Crippen LogP contribution in [0.1, 0.15) is 23.1 Å². The molecular formula is C14H22N2O2S. The summed E-state index contributed by atoms with van der Waals surface area (Å²) in [4.78, 5) is 0. The van der Waals surface area contributed by atoms with Gasteiger partial charge in [-0.3, -0.25) is 0 Å². The zero-order valence-corrected chi connectivity index (χ0v) is 12.8. The van der Waals surface area contributed by atoms with Crippen LogP contribution >= 0.6 is 0 Å². The van der Waals surface area contributed by atoms with Gasteiger partial charge in [-0.15, -0.1) is 0 Å². The molecule has 106 valence electrons. The molecule has 1 aromatic carbocycles. The number of benzene rings is 1. The van der Waals surface area contributed by atoms with E-state index in [4.69, 9.17) is 0 Å². The lowest BCUT2D eigenvalue weighted by Gasteiger charge is -2.11. The summed E-state index contributed by atoms with van der Waals surface area (Å²) in [6.45, 7) is 4.57. The van der Waals surface area contributed by atoms with E-state index < -0.39 is 10.2 Å². The van der Waals surface area contributed by atoms with Crippen molar-refractivity contribution in [2.24, 2.45) is 0 Å². The van der Waals surface area contributed by atoms with Gasteiger partial charge in [0.2, 0.25) is 0 Å². The second-order valence-corrected chi connectivity index (χ2v) is 6.69. The minimum Gasteiger partial charge on any atom is -0.202 e. The Morgan fingerprint density at radius 2 is 1.89 bits per heavy atom. The zero-order valence-electron chi connectivity index (χ0n) is 12.0. The van der Waals surface area contributed by atoms with Gasteiger partial charge in [0.1, 0.15) is 0 Å². The highest BCUT2D eigenvalue weighted by Gasteiger charge is 2.10. The van der Waals surface area contributed by atoms with Gasteiger partial charge in [0, 0.05) is 20.6 Å². The third kappa shape index (κ3) is 5.14. The van der Waals surface area contributed by atoms with Gasteiger partial charge in [0.05, 0.1) is 0 Å². The molecule has 4 nitrogen and oxygen atoms in total. The minimum atomic E-state index is -3.31. The molecule has 0 saturated heterocycles. The van der Waals surface area contributed by atoms with Crippen LogP contribution in [0, 0.1) is 13.8 Å². The number of hydrogen-bond acceptors (Lipinski definition) is 2. The molecule has 0 saturated carbocycles. The lowest BCUT2D eigenvalue weighted by molar-refractivity contribution is 0.506. The summed E-state index contributed by atoms with van der Waals surface area (Å²) in [5.41, 5.74) is 3.67. The van der Waals surface area contributed by atoms with E-state index >= 15 is 0 Å². The maximum absolute atomic E-state index is 11.4. The largest absolute Gasteiger partial charge is 0.278 e. The van der Waals surface area contributed by atoms with Crippen molar-refractivity contribution in [3.05, 3.63) is 41.0 Å². The van der Waals surface area contributed by atoms with Crippen LogP contribution in [0.15, 0.2) is 24.3 Å². The molecule has 19 heavy (non-hydrogen) atoms. The predicted octanol–water partition coefficient (Wildman–Crippen LogP) is 2.10. The summed E-state index contributed by atoms with van der Waals surface area (Å²) < 4.78 is 26.6. The quantitative estimate of drug-likeness (QED) is 0.812. The van der Waals surface area contributed by atoms with Gasteiger partial charge in [0.25, 0.3) is 10.2 Å². The van der Waals surface area contributed by atoms with Crippen LogP contribution in [0.3, 0.4) is 0 Å². The summed E-state index contributed by atoms with van der Waals surface area (Å²) in [5, 5.41) is 0. The highest BCUT2D eigenvalue weighted by atomic mass is 32.2. The predicted molar refractivity (Wildman–Crippen MR) is 80.2 cm³/mol. The molecule has 0 aliphatic heterocycles. The third-order valence-corrected chi connectivity index (χ3v) is 4.45. The fraction of sp³-hybridized carbons (Fsp3) is 0.429. The average molecular weight is 282 g/mol. The smallest absolute Gasteiger partial charge is 0.202 e. The molecule has 5 heteroatoms. The maximum atomic E-state index is 11.4. The molecule has 1 N–H and O–H groups in total. The van der Waals surface area contributed by atoms with Crippen molar-refractivity contribution in [1.82, 2.24) is 9.03 Å². The molecule has 0 bridgehead atoms. The van der Waals surface area contributed by atoms with E-state index in [0.29, 0.717) is 13.0 Å². The molecule has 1 aromatic rings. The SMILES string of the molecule is Cc1ccc(/C=C/CCNS(=O)(=O)N(C)C)cc1C. The number of aryl methyl sites for hydroxylation is 2. The van der Waals surface area contributed by atoms with Crippen LogP contribution in [-0.2, 0) is 10.2 Å². The molecule has 0 spiro atoms. The lowest BCUT2D eigenvalue weighted by Crippen LogP contribution is -2.35. The first-order valence-electron chi connectivity index (χ1n) is 6.24. The Kier molecular flexibility index (Phi) is 5.72. The van der Waals surface area contributed by atoms with Gasteiger partial charge < -0.3 is 0 Å². The summed E-state index contributed by atoms with van der Waals surface area (Å²) in [5.74, 6) is 0. The van der Waals surface area contributed by atoms with Gasteiger partial charge >= 0.3 is 0 Å². The summed E-state index contributed by atoms with van der Waals surface area (Å²) in [6.07, 6.45) is 4.65. The summed E-state index contributed by atoms with van der Waals surface area (Å²) in [7, 11) is -0.292. The van der Waals surface area contributed by atoms with Crippen molar-refractivity contribution >= 4 is 16.3 Å². The summed E-state index contributed by atoms with van der Waals surface area (Å²) >= 11 is 0. The second kappa shape index (κ2) is 6.84. The van der Waals surface area contributed by atoms with Crippen LogP contribution < -0.4 is 4.72 Å². The van der Waals surface area contributed by atoms with Gasteiger partial charge in [-0.05, 0) is 37.0 Å². The van der Waals surface area contributed by atoms with Crippen molar-refractivity contribution in [1.29, 1.82) is 0 Å². The Labute approximate surface area is 116 Å². The van der Waals surface area contributed by atoms with E-state index in [-0.39, 0.29) is 0 Å². The fourth-order valence-corrected chi connectivity index (χ4v) is 2.12. The van der Waals surface area contributed by atoms with Crippen molar-refractivity contribution < 1.29 is 8.42 Å². The Hall–Kier alpha value is -1.17. The number of nitrogens with one attached hydrogen (secondary N) is 1. The Balaban J connectivity index is 2.45. The Morgan fingerprint density at radius 3 is 2.47 bits per heavy atom. The molecule has 0 aliphatic rings. The van der Waals surface area contributed by atoms with Gasteiger partial charge in [0.15, 0.2) is 0 Å². The fourth-order valence-electron chi connectivity index (χ4n) is 1.49. The van der Waals surface area contributed by atoms with E-state index in [0.717, 1.165) is 5.56 Å². The van der Waals surface area contributed by atoms with Gasteiger partial charge in [-0.25, -0.2) is 4.72 Å². The minimum absolute atomic E-state index is 0.405. The molecule has 0 radical (unpaired) electrons. The second-order valence-electron chi connectivity index (χ2n) is 4.72. The lowest BCUT2D eigenvalue weighted by atomic mass is 10.1. The monoisotopic (exact) mass is 282 g/mol. The van der Waals surface area contributed by atoms with E-state index in [9.17, 15) is 8.42 Å². The van der Waals surface area contributed by atoms with Gasteiger partial charge in [-0.1, -0.05) is 30.4 Å². The normalized spacial score (nSPS) is 12.5. The van der Waals surface area contributed by atoms with Crippen LogP contribution in [0.5, 0.6) is 0 Å².